The first-order valence-corrected chi connectivity index (χ1v) is 4.13. The van der Waals surface area contributed by atoms with Gasteiger partial charge in [0, 0.05) is 6.61 Å². The molecule has 0 saturated carbocycles. The molecule has 1 aliphatic rings. The SMILES string of the molecule is O=C(NC1CCOC1)c1cocn1. The predicted molar refractivity (Wildman–Crippen MR) is 43.2 cm³/mol. The number of hydrogen-bond acceptors (Lipinski definition) is 4. The number of nitrogens with zero attached hydrogens (tertiary/aromatic N) is 1. The molecule has 70 valence electrons. The van der Waals surface area contributed by atoms with Crippen LogP contribution in [-0.2, 0) is 4.74 Å². The molecule has 5 heteroatoms. The highest BCUT2D eigenvalue weighted by Crippen LogP contribution is 2.04. The van der Waals surface area contributed by atoms with Crippen LogP contribution in [-0.4, -0.2) is 30.1 Å². The highest BCUT2D eigenvalue weighted by Gasteiger charge is 2.19. The number of ether oxygens (including phenoxy) is 1. The summed E-state index contributed by atoms with van der Waals surface area (Å²) in [7, 11) is 0. The molecule has 2 heterocycles. The van der Waals surface area contributed by atoms with Crippen LogP contribution in [0.15, 0.2) is 17.1 Å². The Hall–Kier alpha value is -1.36. The monoisotopic (exact) mass is 182 g/mol. The zero-order valence-electron chi connectivity index (χ0n) is 7.03. The molecule has 1 amide bonds. The number of aromatic nitrogens is 1. The van der Waals surface area contributed by atoms with Gasteiger partial charge in [0.1, 0.15) is 6.26 Å². The third kappa shape index (κ3) is 1.86. The Morgan fingerprint density at radius 1 is 1.69 bits per heavy atom. The number of rotatable bonds is 2. The van der Waals surface area contributed by atoms with Gasteiger partial charge in [0.15, 0.2) is 12.1 Å². The highest BCUT2D eigenvalue weighted by molar-refractivity contribution is 5.92. The van der Waals surface area contributed by atoms with Crippen molar-refractivity contribution >= 4 is 5.91 Å². The molecule has 1 atom stereocenters. The lowest BCUT2D eigenvalue weighted by Crippen LogP contribution is -2.35. The van der Waals surface area contributed by atoms with Gasteiger partial charge in [-0.3, -0.25) is 4.79 Å². The quantitative estimate of drug-likeness (QED) is 0.709. The predicted octanol–water partition coefficient (Wildman–Crippen LogP) is 0.193. The van der Waals surface area contributed by atoms with E-state index in [9.17, 15) is 4.79 Å². The molecule has 1 unspecified atom stereocenters. The summed E-state index contributed by atoms with van der Waals surface area (Å²) in [6.07, 6.45) is 3.43. The summed E-state index contributed by atoms with van der Waals surface area (Å²) >= 11 is 0. The maximum Gasteiger partial charge on any atom is 0.273 e. The molecule has 1 aromatic rings. The lowest BCUT2D eigenvalue weighted by atomic mass is 10.2. The van der Waals surface area contributed by atoms with E-state index in [1.165, 1.54) is 12.7 Å². The van der Waals surface area contributed by atoms with Crippen LogP contribution in [0.5, 0.6) is 0 Å². The van der Waals surface area contributed by atoms with Crippen LogP contribution >= 0.6 is 0 Å². The van der Waals surface area contributed by atoms with Crippen molar-refractivity contribution in [2.45, 2.75) is 12.5 Å². The Morgan fingerprint density at radius 3 is 3.23 bits per heavy atom. The van der Waals surface area contributed by atoms with E-state index in [0.29, 0.717) is 18.9 Å². The fourth-order valence-electron chi connectivity index (χ4n) is 1.23. The molecular weight excluding hydrogens is 172 g/mol. The molecule has 1 N–H and O–H groups in total. The molecule has 0 spiro atoms. The van der Waals surface area contributed by atoms with Crippen molar-refractivity contribution in [1.29, 1.82) is 0 Å². The van der Waals surface area contributed by atoms with Gasteiger partial charge in [0.05, 0.1) is 12.6 Å². The highest BCUT2D eigenvalue weighted by atomic mass is 16.5. The van der Waals surface area contributed by atoms with Crippen LogP contribution in [0.2, 0.25) is 0 Å². The van der Waals surface area contributed by atoms with Crippen molar-refractivity contribution in [2.75, 3.05) is 13.2 Å². The third-order valence-electron chi connectivity index (χ3n) is 1.93. The Labute approximate surface area is 75.1 Å². The van der Waals surface area contributed by atoms with E-state index in [1.54, 1.807) is 0 Å². The number of oxazole rings is 1. The van der Waals surface area contributed by atoms with Gasteiger partial charge in [-0.15, -0.1) is 0 Å². The summed E-state index contributed by atoms with van der Waals surface area (Å²) < 4.78 is 9.81. The smallest absolute Gasteiger partial charge is 0.273 e. The van der Waals surface area contributed by atoms with Crippen molar-refractivity contribution in [3.8, 4) is 0 Å². The lowest BCUT2D eigenvalue weighted by molar-refractivity contribution is 0.0925. The van der Waals surface area contributed by atoms with Gasteiger partial charge in [-0.05, 0) is 6.42 Å². The molecule has 0 radical (unpaired) electrons. The molecule has 1 fully saturated rings. The van der Waals surface area contributed by atoms with E-state index < -0.39 is 0 Å². The summed E-state index contributed by atoms with van der Waals surface area (Å²) in [5.41, 5.74) is 0.312. The topological polar surface area (TPSA) is 64.4 Å². The maximum atomic E-state index is 11.4. The van der Waals surface area contributed by atoms with Crippen LogP contribution in [0.3, 0.4) is 0 Å². The summed E-state index contributed by atoms with van der Waals surface area (Å²) in [5.74, 6) is -0.204. The average molecular weight is 182 g/mol. The molecule has 1 aromatic heterocycles. The van der Waals surface area contributed by atoms with E-state index in [4.69, 9.17) is 9.15 Å². The Kier molecular flexibility index (Phi) is 2.27. The number of nitrogens with one attached hydrogen (secondary N) is 1. The van der Waals surface area contributed by atoms with Gasteiger partial charge < -0.3 is 14.5 Å². The van der Waals surface area contributed by atoms with Gasteiger partial charge in [0.25, 0.3) is 5.91 Å². The fourth-order valence-corrected chi connectivity index (χ4v) is 1.23. The van der Waals surface area contributed by atoms with Crippen molar-refractivity contribution in [1.82, 2.24) is 10.3 Å². The second kappa shape index (κ2) is 3.57. The molecule has 13 heavy (non-hydrogen) atoms. The zero-order valence-corrected chi connectivity index (χ0v) is 7.03. The summed E-state index contributed by atoms with van der Waals surface area (Å²) in [4.78, 5) is 15.1. The second-order valence-electron chi connectivity index (χ2n) is 2.91. The number of carbonyl (C=O) groups excluding carboxylic acids is 1. The minimum atomic E-state index is -0.204. The van der Waals surface area contributed by atoms with E-state index in [2.05, 4.69) is 10.3 Å². The fraction of sp³-hybridized carbons (Fsp3) is 0.500. The second-order valence-corrected chi connectivity index (χ2v) is 2.91. The van der Waals surface area contributed by atoms with Gasteiger partial charge >= 0.3 is 0 Å². The Balaban J connectivity index is 1.91. The summed E-state index contributed by atoms with van der Waals surface area (Å²) in [6, 6.07) is 0.115. The Morgan fingerprint density at radius 2 is 2.62 bits per heavy atom. The van der Waals surface area contributed by atoms with Gasteiger partial charge in [0.2, 0.25) is 0 Å². The summed E-state index contributed by atoms with van der Waals surface area (Å²) in [6.45, 7) is 1.30. The van der Waals surface area contributed by atoms with Crippen LogP contribution < -0.4 is 5.32 Å². The average Bonchev–Trinajstić information content (AvgIpc) is 2.74. The number of amides is 1. The normalized spacial score (nSPS) is 21.7. The Bertz CT molecular complexity index is 278. The molecule has 1 saturated heterocycles. The van der Waals surface area contributed by atoms with E-state index in [1.807, 2.05) is 0 Å². The van der Waals surface area contributed by atoms with E-state index in [0.717, 1.165) is 6.42 Å². The molecular formula is C8H10N2O3. The third-order valence-corrected chi connectivity index (χ3v) is 1.93. The van der Waals surface area contributed by atoms with Crippen LogP contribution in [0, 0.1) is 0 Å². The first kappa shape index (κ1) is 8.25. The molecule has 0 aromatic carbocycles. The van der Waals surface area contributed by atoms with Crippen molar-refractivity contribution in [3.63, 3.8) is 0 Å². The largest absolute Gasteiger partial charge is 0.451 e. The maximum absolute atomic E-state index is 11.4. The molecule has 1 aliphatic heterocycles. The molecule has 0 aliphatic carbocycles. The lowest BCUT2D eigenvalue weighted by Gasteiger charge is -2.07. The van der Waals surface area contributed by atoms with E-state index in [-0.39, 0.29) is 11.9 Å². The van der Waals surface area contributed by atoms with Gasteiger partial charge in [-0.2, -0.15) is 0 Å². The standard InChI is InChI=1S/C8H10N2O3/c11-8(7-4-13-5-9-7)10-6-1-2-12-3-6/h4-6H,1-3H2,(H,10,11). The number of hydrogen-bond donors (Lipinski definition) is 1. The van der Waals surface area contributed by atoms with E-state index >= 15 is 0 Å². The van der Waals surface area contributed by atoms with Crippen molar-refractivity contribution in [3.05, 3.63) is 18.4 Å². The molecule has 2 rings (SSSR count). The van der Waals surface area contributed by atoms with Crippen LogP contribution in [0.4, 0.5) is 0 Å². The van der Waals surface area contributed by atoms with Crippen molar-refractivity contribution in [2.24, 2.45) is 0 Å². The number of carbonyl (C=O) groups is 1. The summed E-state index contributed by atoms with van der Waals surface area (Å²) in [5, 5.41) is 2.79. The molecule has 5 nitrogen and oxygen atoms in total. The zero-order chi connectivity index (χ0) is 9.10. The van der Waals surface area contributed by atoms with Crippen LogP contribution in [0.25, 0.3) is 0 Å². The minimum absolute atomic E-state index is 0.115. The van der Waals surface area contributed by atoms with Crippen molar-refractivity contribution < 1.29 is 13.9 Å². The van der Waals surface area contributed by atoms with Gasteiger partial charge in [-0.25, -0.2) is 4.98 Å². The minimum Gasteiger partial charge on any atom is -0.451 e. The first-order chi connectivity index (χ1) is 6.36. The van der Waals surface area contributed by atoms with Gasteiger partial charge in [-0.1, -0.05) is 0 Å². The first-order valence-electron chi connectivity index (χ1n) is 4.13. The van der Waals surface area contributed by atoms with Crippen LogP contribution in [0.1, 0.15) is 16.9 Å². The molecule has 0 bridgehead atoms.